The van der Waals surface area contributed by atoms with Crippen molar-refractivity contribution in [3.8, 4) is 5.88 Å². The van der Waals surface area contributed by atoms with E-state index in [1.165, 1.54) is 0 Å². The number of rotatable bonds is 4. The summed E-state index contributed by atoms with van der Waals surface area (Å²) >= 11 is 0. The topological polar surface area (TPSA) is 59.4 Å². The van der Waals surface area contributed by atoms with E-state index in [-0.39, 0.29) is 0 Å². The maximum atomic E-state index is 11.3. The van der Waals surface area contributed by atoms with E-state index < -0.39 is 12.1 Å². The largest absolute Gasteiger partial charge is 0.478 e. The predicted octanol–water partition coefficient (Wildman–Crippen LogP) is 2.59. The standard InChI is InChI=1S/C14H13NO3/c1-10-6-5-9-15-13(10)18-12(14(16)17)11-7-3-2-4-8-11/h2-9,12H,1H3,(H,16,17). The summed E-state index contributed by atoms with van der Waals surface area (Å²) in [6, 6.07) is 12.4. The Hall–Kier alpha value is -2.36. The van der Waals surface area contributed by atoms with Gasteiger partial charge in [-0.1, -0.05) is 36.4 Å². The second-order valence-corrected chi connectivity index (χ2v) is 3.87. The molecule has 1 heterocycles. The highest BCUT2D eigenvalue weighted by Gasteiger charge is 2.22. The number of aliphatic carboxylic acids is 1. The second-order valence-electron chi connectivity index (χ2n) is 3.87. The van der Waals surface area contributed by atoms with Gasteiger partial charge >= 0.3 is 5.97 Å². The number of hydrogen-bond donors (Lipinski definition) is 1. The smallest absolute Gasteiger partial charge is 0.349 e. The van der Waals surface area contributed by atoms with E-state index >= 15 is 0 Å². The number of carbonyl (C=O) groups is 1. The minimum absolute atomic E-state index is 0.341. The van der Waals surface area contributed by atoms with E-state index in [9.17, 15) is 9.90 Å². The van der Waals surface area contributed by atoms with Gasteiger partial charge in [-0.2, -0.15) is 0 Å². The molecule has 0 bridgehead atoms. The van der Waals surface area contributed by atoms with Gasteiger partial charge in [0.15, 0.2) is 0 Å². The van der Waals surface area contributed by atoms with E-state index in [1.54, 1.807) is 36.5 Å². The lowest BCUT2D eigenvalue weighted by molar-refractivity contribution is -0.145. The molecular formula is C14H13NO3. The Bertz CT molecular complexity index is 540. The molecule has 1 atom stereocenters. The first-order chi connectivity index (χ1) is 8.68. The number of carboxylic acids is 1. The summed E-state index contributed by atoms with van der Waals surface area (Å²) in [7, 11) is 0. The van der Waals surface area contributed by atoms with E-state index in [0.717, 1.165) is 5.56 Å². The Labute approximate surface area is 105 Å². The van der Waals surface area contributed by atoms with Gasteiger partial charge in [-0.3, -0.25) is 0 Å². The molecule has 4 nitrogen and oxygen atoms in total. The Morgan fingerprint density at radius 1 is 1.22 bits per heavy atom. The summed E-state index contributed by atoms with van der Waals surface area (Å²) in [5, 5.41) is 9.23. The fraction of sp³-hybridized carbons (Fsp3) is 0.143. The summed E-state index contributed by atoms with van der Waals surface area (Å²) in [4.78, 5) is 15.3. The number of aromatic nitrogens is 1. The molecule has 0 aliphatic rings. The minimum atomic E-state index is -1.04. The van der Waals surface area contributed by atoms with Gasteiger partial charge < -0.3 is 9.84 Å². The number of ether oxygens (including phenoxy) is 1. The SMILES string of the molecule is Cc1cccnc1OC(C(=O)O)c1ccccc1. The number of benzene rings is 1. The van der Waals surface area contributed by atoms with Crippen LogP contribution in [0, 0.1) is 6.92 Å². The molecule has 0 saturated carbocycles. The fourth-order valence-corrected chi connectivity index (χ4v) is 1.60. The molecular weight excluding hydrogens is 230 g/mol. The molecule has 1 unspecified atom stereocenters. The Kier molecular flexibility index (Phi) is 3.57. The lowest BCUT2D eigenvalue weighted by Crippen LogP contribution is -2.19. The first-order valence-electron chi connectivity index (χ1n) is 5.54. The fourth-order valence-electron chi connectivity index (χ4n) is 1.60. The van der Waals surface area contributed by atoms with Gasteiger partial charge in [0.2, 0.25) is 12.0 Å². The van der Waals surface area contributed by atoms with Crippen LogP contribution < -0.4 is 4.74 Å². The maximum Gasteiger partial charge on any atom is 0.349 e. The highest BCUT2D eigenvalue weighted by Crippen LogP contribution is 2.22. The highest BCUT2D eigenvalue weighted by molar-refractivity contribution is 5.74. The Balaban J connectivity index is 2.28. The van der Waals surface area contributed by atoms with Crippen molar-refractivity contribution in [2.75, 3.05) is 0 Å². The molecule has 2 aromatic rings. The number of pyridine rings is 1. The van der Waals surface area contributed by atoms with E-state index in [4.69, 9.17) is 4.74 Å². The van der Waals surface area contributed by atoms with Gasteiger partial charge in [0.25, 0.3) is 0 Å². The molecule has 2 rings (SSSR count). The van der Waals surface area contributed by atoms with Crippen molar-refractivity contribution in [2.24, 2.45) is 0 Å². The number of carboxylic acid groups (broad SMARTS) is 1. The van der Waals surface area contributed by atoms with Crippen molar-refractivity contribution in [2.45, 2.75) is 13.0 Å². The Morgan fingerprint density at radius 3 is 2.56 bits per heavy atom. The minimum Gasteiger partial charge on any atom is -0.478 e. The van der Waals surface area contributed by atoms with E-state index in [0.29, 0.717) is 11.4 Å². The average molecular weight is 243 g/mol. The quantitative estimate of drug-likeness (QED) is 0.896. The second kappa shape index (κ2) is 5.31. The van der Waals surface area contributed by atoms with Crippen LogP contribution in [0.4, 0.5) is 0 Å². The lowest BCUT2D eigenvalue weighted by atomic mass is 10.1. The molecule has 0 amide bonds. The van der Waals surface area contributed by atoms with Crippen LogP contribution in [0.25, 0.3) is 0 Å². The highest BCUT2D eigenvalue weighted by atomic mass is 16.5. The molecule has 92 valence electrons. The van der Waals surface area contributed by atoms with Gasteiger partial charge in [-0.25, -0.2) is 9.78 Å². The zero-order valence-electron chi connectivity index (χ0n) is 9.91. The number of aryl methyl sites for hydroxylation is 1. The van der Waals surface area contributed by atoms with Crippen LogP contribution in [-0.4, -0.2) is 16.1 Å². The van der Waals surface area contributed by atoms with Crippen LogP contribution in [0.3, 0.4) is 0 Å². The maximum absolute atomic E-state index is 11.3. The molecule has 4 heteroatoms. The summed E-state index contributed by atoms with van der Waals surface area (Å²) in [5.74, 6) is -0.694. The molecule has 1 aromatic heterocycles. The van der Waals surface area contributed by atoms with Crippen molar-refractivity contribution in [1.82, 2.24) is 4.98 Å². The third kappa shape index (κ3) is 2.66. The number of nitrogens with zero attached hydrogens (tertiary/aromatic N) is 1. The predicted molar refractivity (Wildman–Crippen MR) is 66.4 cm³/mol. The average Bonchev–Trinajstić information content (AvgIpc) is 2.38. The van der Waals surface area contributed by atoms with Crippen molar-refractivity contribution in [3.63, 3.8) is 0 Å². The third-order valence-electron chi connectivity index (χ3n) is 2.52. The van der Waals surface area contributed by atoms with Crippen LogP contribution in [0.1, 0.15) is 17.2 Å². The third-order valence-corrected chi connectivity index (χ3v) is 2.52. The monoisotopic (exact) mass is 243 g/mol. The first-order valence-corrected chi connectivity index (χ1v) is 5.54. The van der Waals surface area contributed by atoms with Crippen LogP contribution >= 0.6 is 0 Å². The van der Waals surface area contributed by atoms with E-state index in [2.05, 4.69) is 4.98 Å². The lowest BCUT2D eigenvalue weighted by Gasteiger charge is -2.15. The summed E-state index contributed by atoms with van der Waals surface area (Å²) < 4.78 is 5.48. The van der Waals surface area contributed by atoms with Gasteiger partial charge in [0.05, 0.1) is 0 Å². The molecule has 0 aliphatic heterocycles. The van der Waals surface area contributed by atoms with E-state index in [1.807, 2.05) is 19.1 Å². The summed E-state index contributed by atoms with van der Waals surface area (Å²) in [6.07, 6.45) is 0.534. The molecule has 18 heavy (non-hydrogen) atoms. The van der Waals surface area contributed by atoms with Crippen molar-refractivity contribution in [1.29, 1.82) is 0 Å². The van der Waals surface area contributed by atoms with Gasteiger partial charge in [-0.15, -0.1) is 0 Å². The van der Waals surface area contributed by atoms with Crippen molar-refractivity contribution in [3.05, 3.63) is 59.8 Å². The summed E-state index contributed by atoms with van der Waals surface area (Å²) in [5.41, 5.74) is 1.40. The zero-order valence-corrected chi connectivity index (χ0v) is 9.91. The van der Waals surface area contributed by atoms with Crippen LogP contribution in [0.5, 0.6) is 5.88 Å². The normalized spacial score (nSPS) is 11.8. The molecule has 1 N–H and O–H groups in total. The molecule has 0 radical (unpaired) electrons. The van der Waals surface area contributed by atoms with Gasteiger partial charge in [-0.05, 0) is 13.0 Å². The van der Waals surface area contributed by atoms with Gasteiger partial charge in [0, 0.05) is 17.3 Å². The van der Waals surface area contributed by atoms with Crippen molar-refractivity contribution >= 4 is 5.97 Å². The molecule has 0 saturated heterocycles. The van der Waals surface area contributed by atoms with Crippen LogP contribution in [0.15, 0.2) is 48.7 Å². The molecule has 0 aliphatic carbocycles. The zero-order chi connectivity index (χ0) is 13.0. The Morgan fingerprint density at radius 2 is 1.94 bits per heavy atom. The van der Waals surface area contributed by atoms with Crippen molar-refractivity contribution < 1.29 is 14.6 Å². The molecule has 1 aromatic carbocycles. The number of hydrogen-bond acceptors (Lipinski definition) is 3. The van der Waals surface area contributed by atoms with Gasteiger partial charge in [0.1, 0.15) is 0 Å². The van der Waals surface area contributed by atoms with Crippen LogP contribution in [0.2, 0.25) is 0 Å². The first kappa shape index (κ1) is 12.1. The summed E-state index contributed by atoms with van der Waals surface area (Å²) in [6.45, 7) is 1.83. The molecule has 0 spiro atoms. The molecule has 0 fully saturated rings. The van der Waals surface area contributed by atoms with Crippen LogP contribution in [-0.2, 0) is 4.79 Å².